The van der Waals surface area contributed by atoms with E-state index in [9.17, 15) is 9.59 Å². The second-order valence-corrected chi connectivity index (χ2v) is 9.66. The quantitative estimate of drug-likeness (QED) is 0.340. The average molecular weight is 528 g/mol. The Balaban J connectivity index is 1.61. The molecule has 5 rings (SSSR count). The van der Waals surface area contributed by atoms with Crippen LogP contribution in [0.2, 0.25) is 0 Å². The van der Waals surface area contributed by atoms with Gasteiger partial charge in [0.25, 0.3) is 0 Å². The van der Waals surface area contributed by atoms with E-state index in [4.69, 9.17) is 9.47 Å². The number of rotatable bonds is 9. The van der Waals surface area contributed by atoms with Crippen LogP contribution in [0.1, 0.15) is 43.7 Å². The normalized spacial score (nSPS) is 14.5. The smallest absolute Gasteiger partial charge is 0.249 e. The summed E-state index contributed by atoms with van der Waals surface area (Å²) in [4.78, 5) is 29.9. The highest BCUT2D eigenvalue weighted by atomic mass is 16.5. The molecule has 1 aliphatic rings. The number of anilines is 1. The lowest BCUT2D eigenvalue weighted by Gasteiger charge is -2.34. The molecular weight excluding hydrogens is 494 g/mol. The van der Waals surface area contributed by atoms with Crippen LogP contribution in [-0.2, 0) is 16.1 Å². The second-order valence-electron chi connectivity index (χ2n) is 9.66. The van der Waals surface area contributed by atoms with Gasteiger partial charge in [-0.2, -0.15) is 0 Å². The molecule has 0 aliphatic heterocycles. The lowest BCUT2D eigenvalue weighted by Crippen LogP contribution is -2.48. The number of amides is 2. The molecule has 1 fully saturated rings. The van der Waals surface area contributed by atoms with Crippen molar-refractivity contribution < 1.29 is 19.1 Å². The maximum absolute atomic E-state index is 14.2. The van der Waals surface area contributed by atoms with Gasteiger partial charge in [-0.15, -0.1) is 5.10 Å². The van der Waals surface area contributed by atoms with Crippen molar-refractivity contribution in [2.24, 2.45) is 0 Å². The van der Waals surface area contributed by atoms with E-state index in [1.54, 1.807) is 30.0 Å². The Kier molecular flexibility index (Phi) is 8.05. The number of hydrogen-bond donors (Lipinski definition) is 1. The molecular formula is C30H33N5O4. The van der Waals surface area contributed by atoms with Crippen LogP contribution >= 0.6 is 0 Å². The van der Waals surface area contributed by atoms with Gasteiger partial charge in [0.15, 0.2) is 11.5 Å². The fourth-order valence-electron chi connectivity index (χ4n) is 5.32. The van der Waals surface area contributed by atoms with Gasteiger partial charge < -0.3 is 14.8 Å². The highest BCUT2D eigenvalue weighted by Gasteiger charge is 2.37. The number of hydrogen-bond acceptors (Lipinski definition) is 6. The molecule has 0 bridgehead atoms. The molecule has 39 heavy (non-hydrogen) atoms. The molecule has 3 aromatic carbocycles. The first kappa shape index (κ1) is 26.2. The molecule has 1 aromatic heterocycles. The van der Waals surface area contributed by atoms with E-state index >= 15 is 0 Å². The van der Waals surface area contributed by atoms with Crippen LogP contribution in [-0.4, -0.2) is 47.1 Å². The van der Waals surface area contributed by atoms with E-state index < -0.39 is 6.04 Å². The number of aromatic nitrogens is 3. The molecule has 0 spiro atoms. The summed E-state index contributed by atoms with van der Waals surface area (Å²) in [6, 6.07) is 21.1. The number of carbonyl (C=O) groups is 2. The van der Waals surface area contributed by atoms with Gasteiger partial charge in [0.2, 0.25) is 11.8 Å². The monoisotopic (exact) mass is 527 g/mol. The molecule has 9 heteroatoms. The van der Waals surface area contributed by atoms with Crippen LogP contribution in [0, 0.1) is 0 Å². The van der Waals surface area contributed by atoms with Crippen molar-refractivity contribution in [3.8, 4) is 11.5 Å². The molecule has 0 unspecified atom stereocenters. The molecule has 2 amide bonds. The Morgan fingerprint density at radius 1 is 0.949 bits per heavy atom. The number of fused-ring (bicyclic) bond motifs is 1. The van der Waals surface area contributed by atoms with Crippen molar-refractivity contribution in [1.29, 1.82) is 0 Å². The largest absolute Gasteiger partial charge is 0.493 e. The molecule has 1 N–H and O–H groups in total. The van der Waals surface area contributed by atoms with E-state index in [0.717, 1.165) is 31.2 Å². The Hall–Kier alpha value is -4.40. The third-order valence-electron chi connectivity index (χ3n) is 7.19. The lowest BCUT2D eigenvalue weighted by atomic mass is 9.94. The summed E-state index contributed by atoms with van der Waals surface area (Å²) in [6.07, 6.45) is 5.13. The summed E-state index contributed by atoms with van der Waals surface area (Å²) in [5.74, 6) is 0.302. The SMILES string of the molecule is COc1cccc([C@H](C(=O)NC2CCCCC2)N(C(=O)Cn2nnc3ccccc32)c2ccccc2)c1OC. The highest BCUT2D eigenvalue weighted by Crippen LogP contribution is 2.39. The fourth-order valence-corrected chi connectivity index (χ4v) is 5.32. The molecule has 4 aromatic rings. The zero-order chi connectivity index (χ0) is 27.2. The standard InChI is InChI=1S/C30H33N5O4/c1-38-26-19-11-16-23(29(26)39-2)28(30(37)31-21-12-5-3-6-13-21)35(22-14-7-4-8-15-22)27(36)20-34-25-18-10-9-17-24(25)32-33-34/h4,7-11,14-19,21,28H,3,5-6,12-13,20H2,1-2H3,(H,31,37)/t28-/m1/s1. The molecule has 0 radical (unpaired) electrons. The zero-order valence-electron chi connectivity index (χ0n) is 22.2. The predicted octanol–water partition coefficient (Wildman–Crippen LogP) is 4.67. The van der Waals surface area contributed by atoms with Crippen LogP contribution in [0.3, 0.4) is 0 Å². The summed E-state index contributed by atoms with van der Waals surface area (Å²) >= 11 is 0. The maximum atomic E-state index is 14.2. The van der Waals surface area contributed by atoms with Crippen LogP contribution in [0.4, 0.5) is 5.69 Å². The third-order valence-corrected chi connectivity index (χ3v) is 7.19. The van der Waals surface area contributed by atoms with Crippen LogP contribution in [0.25, 0.3) is 11.0 Å². The number of nitrogens with zero attached hydrogens (tertiary/aromatic N) is 4. The van der Waals surface area contributed by atoms with E-state index in [1.807, 2.05) is 54.6 Å². The summed E-state index contributed by atoms with van der Waals surface area (Å²) in [5, 5.41) is 11.6. The van der Waals surface area contributed by atoms with Gasteiger partial charge in [-0.25, -0.2) is 4.68 Å². The van der Waals surface area contributed by atoms with E-state index in [0.29, 0.717) is 28.3 Å². The molecule has 1 atom stereocenters. The second kappa shape index (κ2) is 12.0. The fraction of sp³-hybridized carbons (Fsp3) is 0.333. The summed E-state index contributed by atoms with van der Waals surface area (Å²) < 4.78 is 12.9. The van der Waals surface area contributed by atoms with E-state index in [1.165, 1.54) is 18.4 Å². The summed E-state index contributed by atoms with van der Waals surface area (Å²) in [6.45, 7) is -0.102. The Morgan fingerprint density at radius 2 is 1.69 bits per heavy atom. The lowest BCUT2D eigenvalue weighted by molar-refractivity contribution is -0.127. The molecule has 0 saturated heterocycles. The molecule has 1 aliphatic carbocycles. The van der Waals surface area contributed by atoms with Crippen molar-refractivity contribution in [2.45, 2.75) is 50.7 Å². The van der Waals surface area contributed by atoms with Crippen molar-refractivity contribution in [3.63, 3.8) is 0 Å². The maximum Gasteiger partial charge on any atom is 0.249 e. The van der Waals surface area contributed by atoms with Gasteiger partial charge in [-0.1, -0.05) is 66.9 Å². The first-order valence-electron chi connectivity index (χ1n) is 13.3. The van der Waals surface area contributed by atoms with Gasteiger partial charge in [-0.05, 0) is 43.2 Å². The van der Waals surface area contributed by atoms with Crippen LogP contribution in [0.5, 0.6) is 11.5 Å². The first-order chi connectivity index (χ1) is 19.1. The number of carbonyl (C=O) groups excluding carboxylic acids is 2. The minimum atomic E-state index is -1.01. The Morgan fingerprint density at radius 3 is 2.44 bits per heavy atom. The molecule has 1 heterocycles. The topological polar surface area (TPSA) is 98.6 Å². The first-order valence-corrected chi connectivity index (χ1v) is 13.3. The number of nitrogens with one attached hydrogen (secondary N) is 1. The Labute approximate surface area is 227 Å². The van der Waals surface area contributed by atoms with Gasteiger partial charge in [0, 0.05) is 17.3 Å². The minimum Gasteiger partial charge on any atom is -0.493 e. The molecule has 1 saturated carbocycles. The van der Waals surface area contributed by atoms with E-state index in [-0.39, 0.29) is 24.4 Å². The summed E-state index contributed by atoms with van der Waals surface area (Å²) in [7, 11) is 3.09. The van der Waals surface area contributed by atoms with Crippen LogP contribution in [0.15, 0.2) is 72.8 Å². The number of para-hydroxylation sites is 3. The minimum absolute atomic E-state index is 0.0531. The third kappa shape index (κ3) is 5.57. The highest BCUT2D eigenvalue weighted by molar-refractivity contribution is 6.02. The number of methoxy groups -OCH3 is 2. The van der Waals surface area contributed by atoms with Crippen molar-refractivity contribution in [3.05, 3.63) is 78.4 Å². The molecule has 9 nitrogen and oxygen atoms in total. The Bertz CT molecular complexity index is 1430. The van der Waals surface area contributed by atoms with Gasteiger partial charge >= 0.3 is 0 Å². The van der Waals surface area contributed by atoms with Gasteiger partial charge in [0.1, 0.15) is 18.1 Å². The zero-order valence-corrected chi connectivity index (χ0v) is 22.2. The van der Waals surface area contributed by atoms with Crippen LogP contribution < -0.4 is 19.7 Å². The average Bonchev–Trinajstić information content (AvgIpc) is 3.38. The van der Waals surface area contributed by atoms with E-state index in [2.05, 4.69) is 15.6 Å². The molecule has 202 valence electrons. The summed E-state index contributed by atoms with van der Waals surface area (Å²) in [5.41, 5.74) is 2.55. The van der Waals surface area contributed by atoms with Crippen molar-refractivity contribution >= 4 is 28.5 Å². The van der Waals surface area contributed by atoms with Crippen molar-refractivity contribution in [1.82, 2.24) is 20.3 Å². The number of ether oxygens (including phenoxy) is 2. The van der Waals surface area contributed by atoms with Gasteiger partial charge in [-0.3, -0.25) is 14.5 Å². The van der Waals surface area contributed by atoms with Gasteiger partial charge in [0.05, 0.1) is 19.7 Å². The van der Waals surface area contributed by atoms with Crippen molar-refractivity contribution in [2.75, 3.05) is 19.1 Å². The predicted molar refractivity (Wildman–Crippen MR) is 149 cm³/mol. The number of benzene rings is 3.